The third-order valence-corrected chi connectivity index (χ3v) is 3.21. The summed E-state index contributed by atoms with van der Waals surface area (Å²) in [6, 6.07) is 14.2. The molecule has 0 aliphatic carbocycles. The van der Waals surface area contributed by atoms with Crippen LogP contribution in [0.3, 0.4) is 0 Å². The molecule has 0 saturated heterocycles. The van der Waals surface area contributed by atoms with Crippen LogP contribution in [0.25, 0.3) is 0 Å². The maximum absolute atomic E-state index is 10.9. The molecule has 0 bridgehead atoms. The average Bonchev–Trinajstić information content (AvgIpc) is 2.48. The van der Waals surface area contributed by atoms with E-state index in [-0.39, 0.29) is 16.7 Å². The Morgan fingerprint density at radius 1 is 1.24 bits per heavy atom. The summed E-state index contributed by atoms with van der Waals surface area (Å²) in [4.78, 5) is 10.6. The Balaban J connectivity index is 1.99. The summed E-state index contributed by atoms with van der Waals surface area (Å²) in [5, 5.41) is 10.9. The first-order chi connectivity index (χ1) is 10.1. The van der Waals surface area contributed by atoms with E-state index in [0.717, 1.165) is 11.3 Å². The van der Waals surface area contributed by atoms with Crippen molar-refractivity contribution in [2.24, 2.45) is 5.73 Å². The van der Waals surface area contributed by atoms with Crippen LogP contribution in [-0.2, 0) is 6.42 Å². The molecule has 0 spiro atoms. The fraction of sp³-hybridized carbons (Fsp3) is 0.250. The van der Waals surface area contributed by atoms with Crippen molar-refractivity contribution in [3.8, 4) is 5.75 Å². The maximum atomic E-state index is 10.9. The zero-order valence-corrected chi connectivity index (χ0v) is 11.9. The number of nitrogens with zero attached hydrogens (tertiary/aromatic N) is 1. The van der Waals surface area contributed by atoms with Crippen molar-refractivity contribution in [2.45, 2.75) is 19.4 Å². The third kappa shape index (κ3) is 4.03. The van der Waals surface area contributed by atoms with Crippen molar-refractivity contribution >= 4 is 5.69 Å². The van der Waals surface area contributed by atoms with E-state index in [1.54, 1.807) is 18.2 Å². The van der Waals surface area contributed by atoms with Gasteiger partial charge in [0.1, 0.15) is 5.75 Å². The zero-order chi connectivity index (χ0) is 15.2. The number of hydrogen-bond acceptors (Lipinski definition) is 4. The van der Waals surface area contributed by atoms with Crippen LogP contribution in [0.15, 0.2) is 48.5 Å². The van der Waals surface area contributed by atoms with Gasteiger partial charge in [-0.3, -0.25) is 10.1 Å². The van der Waals surface area contributed by atoms with Crippen LogP contribution in [0.2, 0.25) is 0 Å². The van der Waals surface area contributed by atoms with Crippen LogP contribution >= 0.6 is 0 Å². The van der Waals surface area contributed by atoms with E-state index in [9.17, 15) is 10.1 Å². The molecule has 2 rings (SSSR count). The van der Waals surface area contributed by atoms with Crippen LogP contribution in [0.5, 0.6) is 5.75 Å². The highest BCUT2D eigenvalue weighted by Crippen LogP contribution is 2.20. The number of rotatable bonds is 6. The Kier molecular flexibility index (Phi) is 4.90. The van der Waals surface area contributed by atoms with Crippen molar-refractivity contribution in [1.82, 2.24) is 0 Å². The summed E-state index contributed by atoms with van der Waals surface area (Å²) in [6.07, 6.45) is 0.486. The monoisotopic (exact) mass is 286 g/mol. The average molecular weight is 286 g/mol. The lowest BCUT2D eigenvalue weighted by molar-refractivity contribution is -0.385. The normalized spacial score (nSPS) is 11.9. The molecule has 1 atom stereocenters. The molecular formula is C16H18N2O3. The van der Waals surface area contributed by atoms with E-state index in [2.05, 4.69) is 0 Å². The van der Waals surface area contributed by atoms with Crippen LogP contribution in [-0.4, -0.2) is 11.5 Å². The summed E-state index contributed by atoms with van der Waals surface area (Å²) < 4.78 is 5.66. The number of nitro benzene ring substituents is 1. The quantitative estimate of drug-likeness (QED) is 0.653. The lowest BCUT2D eigenvalue weighted by atomic mass is 10.1. The van der Waals surface area contributed by atoms with E-state index in [1.807, 2.05) is 31.2 Å². The first kappa shape index (κ1) is 15.0. The van der Waals surface area contributed by atoms with Crippen LogP contribution in [0, 0.1) is 10.1 Å². The highest BCUT2D eigenvalue weighted by molar-refractivity contribution is 5.40. The predicted octanol–water partition coefficient (Wildman–Crippen LogP) is 3.24. The van der Waals surface area contributed by atoms with Gasteiger partial charge in [-0.15, -0.1) is 0 Å². The summed E-state index contributed by atoms with van der Waals surface area (Å²) in [6.45, 7) is 2.29. The second kappa shape index (κ2) is 6.85. The molecule has 0 radical (unpaired) electrons. The molecule has 0 aliphatic rings. The molecule has 0 amide bonds. The number of nitro groups is 1. The minimum absolute atomic E-state index is 0.0521. The third-order valence-electron chi connectivity index (χ3n) is 3.21. The van der Waals surface area contributed by atoms with Crippen molar-refractivity contribution in [3.63, 3.8) is 0 Å². The molecule has 2 aromatic carbocycles. The van der Waals surface area contributed by atoms with E-state index in [1.165, 1.54) is 6.07 Å². The largest absolute Gasteiger partial charge is 0.493 e. The smallest absolute Gasteiger partial charge is 0.272 e. The van der Waals surface area contributed by atoms with Gasteiger partial charge in [0, 0.05) is 24.1 Å². The number of hydrogen-bond donors (Lipinski definition) is 1. The minimum atomic E-state index is -0.369. The topological polar surface area (TPSA) is 78.4 Å². The lowest BCUT2D eigenvalue weighted by Crippen LogP contribution is -2.06. The molecule has 21 heavy (non-hydrogen) atoms. The number of ether oxygens (including phenoxy) is 1. The molecule has 1 unspecified atom stereocenters. The highest BCUT2D eigenvalue weighted by atomic mass is 16.6. The molecule has 110 valence electrons. The molecular weight excluding hydrogens is 268 g/mol. The Morgan fingerprint density at radius 2 is 2.00 bits per heavy atom. The van der Waals surface area contributed by atoms with Gasteiger partial charge in [0.2, 0.25) is 0 Å². The van der Waals surface area contributed by atoms with Crippen LogP contribution in [0.1, 0.15) is 24.1 Å². The summed E-state index contributed by atoms with van der Waals surface area (Å²) in [5.41, 5.74) is 7.63. The molecule has 2 aromatic rings. The fourth-order valence-corrected chi connectivity index (χ4v) is 2.07. The first-order valence-electron chi connectivity index (χ1n) is 6.78. The maximum Gasteiger partial charge on any atom is 0.272 e. The molecule has 0 saturated carbocycles. The van der Waals surface area contributed by atoms with E-state index in [0.29, 0.717) is 18.6 Å². The molecule has 5 nitrogen and oxygen atoms in total. The van der Waals surface area contributed by atoms with Crippen molar-refractivity contribution in [2.75, 3.05) is 6.61 Å². The van der Waals surface area contributed by atoms with Crippen molar-refractivity contribution in [1.29, 1.82) is 0 Å². The van der Waals surface area contributed by atoms with Gasteiger partial charge >= 0.3 is 0 Å². The van der Waals surface area contributed by atoms with Gasteiger partial charge in [0.25, 0.3) is 5.69 Å². The van der Waals surface area contributed by atoms with Gasteiger partial charge in [-0.05, 0) is 24.6 Å². The SMILES string of the molecule is CC(N)c1cccc(OCCc2ccccc2[N+](=O)[O-])c1. The first-order valence-corrected chi connectivity index (χ1v) is 6.78. The number of benzene rings is 2. The van der Waals surface area contributed by atoms with Gasteiger partial charge in [-0.2, -0.15) is 0 Å². The second-order valence-electron chi connectivity index (χ2n) is 4.85. The summed E-state index contributed by atoms with van der Waals surface area (Å²) >= 11 is 0. The molecule has 2 N–H and O–H groups in total. The van der Waals surface area contributed by atoms with E-state index in [4.69, 9.17) is 10.5 Å². The Labute approximate surface area is 123 Å². The summed E-state index contributed by atoms with van der Waals surface area (Å²) in [7, 11) is 0. The molecule has 0 aliphatic heterocycles. The molecule has 0 aromatic heterocycles. The van der Waals surface area contributed by atoms with E-state index >= 15 is 0 Å². The highest BCUT2D eigenvalue weighted by Gasteiger charge is 2.11. The van der Waals surface area contributed by atoms with Gasteiger partial charge in [0.05, 0.1) is 11.5 Å². The van der Waals surface area contributed by atoms with Gasteiger partial charge < -0.3 is 10.5 Å². The minimum Gasteiger partial charge on any atom is -0.493 e. The fourth-order valence-electron chi connectivity index (χ4n) is 2.07. The molecule has 5 heteroatoms. The van der Waals surface area contributed by atoms with Crippen LogP contribution in [0.4, 0.5) is 5.69 Å². The second-order valence-corrected chi connectivity index (χ2v) is 4.85. The summed E-state index contributed by atoms with van der Waals surface area (Å²) in [5.74, 6) is 0.725. The van der Waals surface area contributed by atoms with Crippen molar-refractivity contribution in [3.05, 3.63) is 69.8 Å². The number of nitrogens with two attached hydrogens (primary N) is 1. The standard InChI is InChI=1S/C16H18N2O3/c1-12(17)14-6-4-7-15(11-14)21-10-9-13-5-2-3-8-16(13)18(19)20/h2-8,11-12H,9-10,17H2,1H3. The lowest BCUT2D eigenvalue weighted by Gasteiger charge is -2.10. The Morgan fingerprint density at radius 3 is 2.71 bits per heavy atom. The Hall–Kier alpha value is -2.40. The van der Waals surface area contributed by atoms with Crippen LogP contribution < -0.4 is 10.5 Å². The molecule has 0 fully saturated rings. The zero-order valence-electron chi connectivity index (χ0n) is 11.9. The van der Waals surface area contributed by atoms with Gasteiger partial charge in [-0.1, -0.05) is 30.3 Å². The molecule has 0 heterocycles. The van der Waals surface area contributed by atoms with E-state index < -0.39 is 0 Å². The van der Waals surface area contributed by atoms with Gasteiger partial charge in [0.15, 0.2) is 0 Å². The van der Waals surface area contributed by atoms with Crippen molar-refractivity contribution < 1.29 is 9.66 Å². The van der Waals surface area contributed by atoms with Gasteiger partial charge in [-0.25, -0.2) is 0 Å². The Bertz CT molecular complexity index is 626. The predicted molar refractivity (Wildman–Crippen MR) is 81.3 cm³/mol. The number of para-hydroxylation sites is 1.